The van der Waals surface area contributed by atoms with Gasteiger partial charge >= 0.3 is 5.69 Å². The summed E-state index contributed by atoms with van der Waals surface area (Å²) in [6.07, 6.45) is 0.735. The SMILES string of the molecule is CCCOc1cccc(SCCS(=O)(=O)Cl)c1[N+](=O)[O-]. The van der Waals surface area contributed by atoms with Gasteiger partial charge in [-0.2, -0.15) is 0 Å². The molecule has 6 nitrogen and oxygen atoms in total. The van der Waals surface area contributed by atoms with E-state index in [1.54, 1.807) is 12.1 Å². The fraction of sp³-hybridized carbons (Fsp3) is 0.455. The van der Waals surface area contributed by atoms with E-state index in [9.17, 15) is 18.5 Å². The van der Waals surface area contributed by atoms with Crippen LogP contribution in [0.4, 0.5) is 5.69 Å². The molecular formula is C11H14ClNO5S2. The maximum atomic E-state index is 11.1. The minimum absolute atomic E-state index is 0.141. The van der Waals surface area contributed by atoms with Crippen LogP contribution < -0.4 is 4.74 Å². The first-order chi connectivity index (χ1) is 9.35. The van der Waals surface area contributed by atoms with Crippen molar-refractivity contribution in [1.82, 2.24) is 0 Å². The van der Waals surface area contributed by atoms with Crippen molar-refractivity contribution < 1.29 is 18.1 Å². The van der Waals surface area contributed by atoms with Gasteiger partial charge in [-0.15, -0.1) is 11.8 Å². The largest absolute Gasteiger partial charge is 0.487 e. The van der Waals surface area contributed by atoms with E-state index < -0.39 is 14.0 Å². The molecule has 0 aliphatic carbocycles. The minimum atomic E-state index is -3.60. The van der Waals surface area contributed by atoms with Crippen molar-refractivity contribution >= 4 is 37.2 Å². The fourth-order valence-corrected chi connectivity index (χ4v) is 3.78. The van der Waals surface area contributed by atoms with Gasteiger partial charge in [-0.3, -0.25) is 10.1 Å². The highest BCUT2D eigenvalue weighted by Gasteiger charge is 2.21. The van der Waals surface area contributed by atoms with Crippen molar-refractivity contribution in [3.63, 3.8) is 0 Å². The summed E-state index contributed by atoms with van der Waals surface area (Å²) in [6.45, 7) is 2.28. The summed E-state index contributed by atoms with van der Waals surface area (Å²) in [4.78, 5) is 11.0. The van der Waals surface area contributed by atoms with Gasteiger partial charge in [-0.25, -0.2) is 8.42 Å². The van der Waals surface area contributed by atoms with Crippen LogP contribution in [0.15, 0.2) is 23.1 Å². The summed E-state index contributed by atoms with van der Waals surface area (Å²) in [5.74, 6) is 0.0796. The highest BCUT2D eigenvalue weighted by Crippen LogP contribution is 2.37. The van der Waals surface area contributed by atoms with Gasteiger partial charge in [0.15, 0.2) is 5.75 Å². The Bertz CT molecular complexity index is 576. The maximum absolute atomic E-state index is 11.1. The number of nitro benzene ring substituents is 1. The van der Waals surface area contributed by atoms with Gasteiger partial charge in [-0.05, 0) is 18.6 Å². The third-order valence-electron chi connectivity index (χ3n) is 2.19. The predicted octanol–water partition coefficient (Wildman–Crippen LogP) is 3.04. The van der Waals surface area contributed by atoms with Crippen molar-refractivity contribution in [2.24, 2.45) is 0 Å². The molecule has 1 aromatic carbocycles. The predicted molar refractivity (Wildman–Crippen MR) is 79.2 cm³/mol. The molecule has 0 amide bonds. The molecule has 9 heteroatoms. The Morgan fingerprint density at radius 1 is 1.45 bits per heavy atom. The molecule has 0 heterocycles. The van der Waals surface area contributed by atoms with Crippen LogP contribution in [0.25, 0.3) is 0 Å². The lowest BCUT2D eigenvalue weighted by molar-refractivity contribution is -0.388. The van der Waals surface area contributed by atoms with Gasteiger partial charge in [0.25, 0.3) is 0 Å². The van der Waals surface area contributed by atoms with E-state index in [1.807, 2.05) is 6.92 Å². The van der Waals surface area contributed by atoms with E-state index >= 15 is 0 Å². The monoisotopic (exact) mass is 339 g/mol. The van der Waals surface area contributed by atoms with E-state index in [0.717, 1.165) is 18.2 Å². The molecular weight excluding hydrogens is 326 g/mol. The van der Waals surface area contributed by atoms with Crippen LogP contribution in [-0.4, -0.2) is 31.5 Å². The maximum Gasteiger partial charge on any atom is 0.324 e. The van der Waals surface area contributed by atoms with E-state index in [0.29, 0.717) is 11.5 Å². The van der Waals surface area contributed by atoms with E-state index in [-0.39, 0.29) is 22.9 Å². The number of ether oxygens (including phenoxy) is 1. The molecule has 0 aromatic heterocycles. The van der Waals surface area contributed by atoms with Crippen molar-refractivity contribution in [3.8, 4) is 5.75 Å². The average Bonchev–Trinajstić information content (AvgIpc) is 2.34. The minimum Gasteiger partial charge on any atom is -0.487 e. The molecule has 0 saturated heterocycles. The number of halogens is 1. The highest BCUT2D eigenvalue weighted by atomic mass is 35.7. The number of hydrogen-bond acceptors (Lipinski definition) is 6. The van der Waals surface area contributed by atoms with Gasteiger partial charge < -0.3 is 4.74 Å². The summed E-state index contributed by atoms with van der Waals surface area (Å²) in [6, 6.07) is 4.72. The smallest absolute Gasteiger partial charge is 0.324 e. The quantitative estimate of drug-likeness (QED) is 0.313. The lowest BCUT2D eigenvalue weighted by Crippen LogP contribution is -2.02. The number of para-hydroxylation sites is 1. The molecule has 0 saturated carbocycles. The molecule has 0 bridgehead atoms. The van der Waals surface area contributed by atoms with E-state index in [2.05, 4.69) is 0 Å². The van der Waals surface area contributed by atoms with E-state index in [1.165, 1.54) is 6.07 Å². The Kier molecular flexibility index (Phi) is 6.57. The van der Waals surface area contributed by atoms with Crippen molar-refractivity contribution in [2.75, 3.05) is 18.1 Å². The average molecular weight is 340 g/mol. The second-order valence-electron chi connectivity index (χ2n) is 3.80. The molecule has 20 heavy (non-hydrogen) atoms. The summed E-state index contributed by atoms with van der Waals surface area (Å²) >= 11 is 1.06. The van der Waals surface area contributed by atoms with Gasteiger partial charge in [0.1, 0.15) is 0 Å². The summed E-state index contributed by atoms with van der Waals surface area (Å²) in [7, 11) is 1.50. The highest BCUT2D eigenvalue weighted by molar-refractivity contribution is 8.14. The first-order valence-electron chi connectivity index (χ1n) is 5.80. The molecule has 0 atom stereocenters. The second kappa shape index (κ2) is 7.70. The standard InChI is InChI=1S/C11H14ClNO5S2/c1-2-6-18-9-4-3-5-10(11(9)13(14)15)19-7-8-20(12,16)17/h3-5H,2,6-8H2,1H3. The van der Waals surface area contributed by atoms with Crippen LogP contribution >= 0.6 is 22.4 Å². The van der Waals surface area contributed by atoms with Gasteiger partial charge in [0, 0.05) is 16.4 Å². The number of hydrogen-bond donors (Lipinski definition) is 0. The van der Waals surface area contributed by atoms with E-state index in [4.69, 9.17) is 15.4 Å². The normalized spacial score (nSPS) is 11.3. The molecule has 0 spiro atoms. The van der Waals surface area contributed by atoms with Crippen molar-refractivity contribution in [2.45, 2.75) is 18.2 Å². The summed E-state index contributed by atoms with van der Waals surface area (Å²) in [5.41, 5.74) is -0.141. The number of thioether (sulfide) groups is 1. The Morgan fingerprint density at radius 3 is 2.70 bits per heavy atom. The zero-order valence-electron chi connectivity index (χ0n) is 10.7. The molecule has 1 aromatic rings. The third kappa shape index (κ3) is 5.56. The number of rotatable bonds is 8. The fourth-order valence-electron chi connectivity index (χ4n) is 1.38. The van der Waals surface area contributed by atoms with Crippen LogP contribution in [0.5, 0.6) is 5.75 Å². The van der Waals surface area contributed by atoms with Crippen molar-refractivity contribution in [1.29, 1.82) is 0 Å². The molecule has 0 aliphatic rings. The number of nitrogens with zero attached hydrogens (tertiary/aromatic N) is 1. The number of nitro groups is 1. The molecule has 0 radical (unpaired) electrons. The molecule has 0 N–H and O–H groups in total. The molecule has 0 aliphatic heterocycles. The zero-order valence-corrected chi connectivity index (χ0v) is 13.1. The lowest BCUT2D eigenvalue weighted by Gasteiger charge is -2.08. The van der Waals surface area contributed by atoms with Gasteiger partial charge in [0.05, 0.1) is 22.2 Å². The topological polar surface area (TPSA) is 86.5 Å². The molecule has 112 valence electrons. The van der Waals surface area contributed by atoms with Crippen LogP contribution in [0, 0.1) is 10.1 Å². The molecule has 0 fully saturated rings. The Labute approximate surface area is 126 Å². The van der Waals surface area contributed by atoms with Gasteiger partial charge in [-0.1, -0.05) is 13.0 Å². The van der Waals surface area contributed by atoms with Crippen LogP contribution in [-0.2, 0) is 9.05 Å². The van der Waals surface area contributed by atoms with Crippen molar-refractivity contribution in [3.05, 3.63) is 28.3 Å². The first kappa shape index (κ1) is 17.1. The summed E-state index contributed by atoms with van der Waals surface area (Å²) in [5, 5.41) is 11.1. The van der Waals surface area contributed by atoms with Crippen LogP contribution in [0.2, 0.25) is 0 Å². The Balaban J connectivity index is 2.91. The Morgan fingerprint density at radius 2 is 2.15 bits per heavy atom. The van der Waals surface area contributed by atoms with Crippen LogP contribution in [0.1, 0.15) is 13.3 Å². The Hall–Kier alpha value is -0.990. The van der Waals surface area contributed by atoms with Crippen LogP contribution in [0.3, 0.4) is 0 Å². The number of benzene rings is 1. The first-order valence-corrected chi connectivity index (χ1v) is 9.27. The zero-order chi connectivity index (χ0) is 15.2. The lowest BCUT2D eigenvalue weighted by atomic mass is 10.3. The second-order valence-corrected chi connectivity index (χ2v) is 7.83. The molecule has 0 unspecified atom stereocenters. The summed E-state index contributed by atoms with van der Waals surface area (Å²) < 4.78 is 27.0. The van der Waals surface area contributed by atoms with Gasteiger partial charge in [0.2, 0.25) is 9.05 Å². The molecule has 1 rings (SSSR count). The third-order valence-corrected chi connectivity index (χ3v) is 4.65.